The van der Waals surface area contributed by atoms with Crippen molar-refractivity contribution in [2.75, 3.05) is 12.4 Å². The van der Waals surface area contributed by atoms with Gasteiger partial charge in [0.05, 0.1) is 5.56 Å². The quantitative estimate of drug-likeness (QED) is 0.795. The minimum absolute atomic E-state index is 0.000138. The van der Waals surface area contributed by atoms with Gasteiger partial charge in [-0.25, -0.2) is 0 Å². The summed E-state index contributed by atoms with van der Waals surface area (Å²) in [5, 5.41) is 12.3. The highest BCUT2D eigenvalue weighted by Gasteiger charge is 2.19. The summed E-state index contributed by atoms with van der Waals surface area (Å²) >= 11 is 5.69. The molecule has 0 fully saturated rings. The molecule has 0 aliphatic heterocycles. The van der Waals surface area contributed by atoms with Crippen molar-refractivity contribution >= 4 is 17.5 Å². The Hall–Kier alpha value is -1.22. The maximum Gasteiger partial charge on any atom is 0.255 e. The van der Waals surface area contributed by atoms with Gasteiger partial charge in [0.2, 0.25) is 0 Å². The SMILES string of the molecule is CC(C)(CCCl)CNC(=O)c1ccccc1O. The van der Waals surface area contributed by atoms with Crippen LogP contribution in [0.4, 0.5) is 0 Å². The number of carbonyl (C=O) groups is 1. The zero-order valence-electron chi connectivity index (χ0n) is 10.2. The molecular weight excluding hydrogens is 238 g/mol. The van der Waals surface area contributed by atoms with Crippen molar-refractivity contribution in [3.8, 4) is 5.75 Å². The summed E-state index contributed by atoms with van der Waals surface area (Å²) in [6.07, 6.45) is 0.829. The molecule has 94 valence electrons. The third-order valence-electron chi connectivity index (χ3n) is 2.65. The van der Waals surface area contributed by atoms with E-state index in [2.05, 4.69) is 5.32 Å². The van der Waals surface area contributed by atoms with Crippen LogP contribution in [-0.2, 0) is 0 Å². The molecule has 0 heterocycles. The first-order chi connectivity index (χ1) is 7.96. The first kappa shape index (κ1) is 13.8. The van der Waals surface area contributed by atoms with Crippen LogP contribution in [0.25, 0.3) is 0 Å². The van der Waals surface area contributed by atoms with Crippen LogP contribution in [0.15, 0.2) is 24.3 Å². The Morgan fingerprint density at radius 1 is 1.41 bits per heavy atom. The average Bonchev–Trinajstić information content (AvgIpc) is 2.27. The highest BCUT2D eigenvalue weighted by molar-refractivity contribution is 6.17. The molecule has 1 aromatic carbocycles. The first-order valence-electron chi connectivity index (χ1n) is 5.58. The largest absolute Gasteiger partial charge is 0.507 e. The number of carbonyl (C=O) groups excluding carboxylic acids is 1. The van der Waals surface area contributed by atoms with Crippen LogP contribution in [0.3, 0.4) is 0 Å². The van der Waals surface area contributed by atoms with Crippen LogP contribution in [-0.4, -0.2) is 23.4 Å². The number of amides is 1. The molecule has 0 aromatic heterocycles. The Kier molecular flexibility index (Phi) is 4.82. The Labute approximate surface area is 107 Å². The number of alkyl halides is 1. The molecule has 2 N–H and O–H groups in total. The summed E-state index contributed by atoms with van der Waals surface area (Å²) in [5.74, 6) is 0.310. The number of benzene rings is 1. The molecule has 1 aromatic rings. The zero-order chi connectivity index (χ0) is 12.9. The highest BCUT2D eigenvalue weighted by Crippen LogP contribution is 2.20. The van der Waals surface area contributed by atoms with Crippen LogP contribution in [0, 0.1) is 5.41 Å². The van der Waals surface area contributed by atoms with Gasteiger partial charge in [0.25, 0.3) is 5.91 Å². The number of rotatable bonds is 5. The Morgan fingerprint density at radius 2 is 2.06 bits per heavy atom. The molecule has 0 spiro atoms. The summed E-state index contributed by atoms with van der Waals surface area (Å²) in [6.45, 7) is 4.62. The Bertz CT molecular complexity index is 391. The van der Waals surface area contributed by atoms with Crippen LogP contribution in [0.1, 0.15) is 30.6 Å². The minimum atomic E-state index is -0.259. The summed E-state index contributed by atoms with van der Waals surface area (Å²) in [4.78, 5) is 11.8. The molecule has 0 radical (unpaired) electrons. The van der Waals surface area contributed by atoms with E-state index < -0.39 is 0 Å². The van der Waals surface area contributed by atoms with Gasteiger partial charge in [-0.1, -0.05) is 26.0 Å². The van der Waals surface area contributed by atoms with Crippen molar-refractivity contribution in [2.45, 2.75) is 20.3 Å². The fourth-order valence-electron chi connectivity index (χ4n) is 1.42. The van der Waals surface area contributed by atoms with Crippen molar-refractivity contribution < 1.29 is 9.90 Å². The second-order valence-corrected chi connectivity index (χ2v) is 5.18. The number of phenols is 1. The van der Waals surface area contributed by atoms with E-state index in [1.807, 2.05) is 13.8 Å². The Balaban J connectivity index is 2.59. The topological polar surface area (TPSA) is 49.3 Å². The molecule has 0 atom stereocenters. The highest BCUT2D eigenvalue weighted by atomic mass is 35.5. The zero-order valence-corrected chi connectivity index (χ0v) is 10.9. The van der Waals surface area contributed by atoms with E-state index in [1.54, 1.807) is 18.2 Å². The normalized spacial score (nSPS) is 11.2. The van der Waals surface area contributed by atoms with Crippen molar-refractivity contribution in [3.05, 3.63) is 29.8 Å². The minimum Gasteiger partial charge on any atom is -0.507 e. The fourth-order valence-corrected chi connectivity index (χ4v) is 1.94. The maximum absolute atomic E-state index is 11.8. The molecule has 0 saturated heterocycles. The van der Waals surface area contributed by atoms with Gasteiger partial charge in [0.15, 0.2) is 0 Å². The second kappa shape index (κ2) is 5.92. The number of halogens is 1. The molecule has 0 saturated carbocycles. The molecule has 0 aliphatic carbocycles. The van der Waals surface area contributed by atoms with Crippen molar-refractivity contribution in [1.29, 1.82) is 0 Å². The van der Waals surface area contributed by atoms with Gasteiger partial charge in [-0.3, -0.25) is 4.79 Å². The van der Waals surface area contributed by atoms with Gasteiger partial charge in [-0.2, -0.15) is 0 Å². The van der Waals surface area contributed by atoms with Gasteiger partial charge in [0, 0.05) is 12.4 Å². The summed E-state index contributed by atoms with van der Waals surface area (Å²) in [5.41, 5.74) is 0.260. The van der Waals surface area contributed by atoms with Gasteiger partial charge in [-0.15, -0.1) is 11.6 Å². The summed E-state index contributed by atoms with van der Waals surface area (Å²) in [7, 11) is 0. The lowest BCUT2D eigenvalue weighted by molar-refractivity contribution is 0.0933. The van der Waals surface area contributed by atoms with Crippen LogP contribution in [0.2, 0.25) is 0 Å². The number of aromatic hydroxyl groups is 1. The third kappa shape index (κ3) is 4.27. The molecule has 17 heavy (non-hydrogen) atoms. The van der Waals surface area contributed by atoms with Crippen LogP contribution >= 0.6 is 11.6 Å². The lowest BCUT2D eigenvalue weighted by atomic mass is 9.90. The van der Waals surface area contributed by atoms with E-state index in [0.29, 0.717) is 18.0 Å². The summed E-state index contributed by atoms with van der Waals surface area (Å²) < 4.78 is 0. The lowest BCUT2D eigenvalue weighted by Crippen LogP contribution is -2.34. The molecular formula is C13H18ClNO2. The maximum atomic E-state index is 11.8. The first-order valence-corrected chi connectivity index (χ1v) is 6.12. The van der Waals surface area contributed by atoms with E-state index in [1.165, 1.54) is 6.07 Å². The van der Waals surface area contributed by atoms with Crippen LogP contribution < -0.4 is 5.32 Å². The number of nitrogens with one attached hydrogen (secondary N) is 1. The number of hydrogen-bond donors (Lipinski definition) is 2. The smallest absolute Gasteiger partial charge is 0.255 e. The van der Waals surface area contributed by atoms with E-state index in [4.69, 9.17) is 11.6 Å². The van der Waals surface area contributed by atoms with Gasteiger partial charge in [-0.05, 0) is 24.0 Å². The van der Waals surface area contributed by atoms with E-state index in [9.17, 15) is 9.90 Å². The molecule has 0 unspecified atom stereocenters. The van der Waals surface area contributed by atoms with Crippen molar-refractivity contribution in [1.82, 2.24) is 5.32 Å². The monoisotopic (exact) mass is 255 g/mol. The van der Waals surface area contributed by atoms with Crippen LogP contribution in [0.5, 0.6) is 5.75 Å². The number of para-hydroxylation sites is 1. The standard InChI is InChI=1S/C13H18ClNO2/c1-13(2,7-8-14)9-15-12(17)10-5-3-4-6-11(10)16/h3-6,16H,7-9H2,1-2H3,(H,15,17). The van der Waals surface area contributed by atoms with Gasteiger partial charge < -0.3 is 10.4 Å². The summed E-state index contributed by atoms with van der Waals surface area (Å²) in [6, 6.07) is 6.50. The predicted octanol–water partition coefficient (Wildman–Crippen LogP) is 2.78. The molecule has 0 aliphatic rings. The van der Waals surface area contributed by atoms with Gasteiger partial charge in [0.1, 0.15) is 5.75 Å². The third-order valence-corrected chi connectivity index (χ3v) is 2.84. The van der Waals surface area contributed by atoms with Crippen molar-refractivity contribution in [3.63, 3.8) is 0 Å². The average molecular weight is 256 g/mol. The van der Waals surface area contributed by atoms with E-state index in [0.717, 1.165) is 6.42 Å². The number of phenolic OH excluding ortho intramolecular Hbond substituents is 1. The second-order valence-electron chi connectivity index (χ2n) is 4.80. The van der Waals surface area contributed by atoms with E-state index in [-0.39, 0.29) is 17.1 Å². The molecule has 4 heteroatoms. The predicted molar refractivity (Wildman–Crippen MR) is 69.6 cm³/mol. The van der Waals surface area contributed by atoms with Gasteiger partial charge >= 0.3 is 0 Å². The number of hydrogen-bond acceptors (Lipinski definition) is 2. The van der Waals surface area contributed by atoms with E-state index >= 15 is 0 Å². The molecule has 1 amide bonds. The molecule has 1 rings (SSSR count). The fraction of sp³-hybridized carbons (Fsp3) is 0.462. The lowest BCUT2D eigenvalue weighted by Gasteiger charge is -2.23. The Morgan fingerprint density at radius 3 is 2.65 bits per heavy atom. The molecule has 0 bridgehead atoms. The van der Waals surface area contributed by atoms with Crippen molar-refractivity contribution in [2.24, 2.45) is 5.41 Å². The molecule has 3 nitrogen and oxygen atoms in total.